The first-order chi connectivity index (χ1) is 12.3. The van der Waals surface area contributed by atoms with Crippen LogP contribution in [-0.2, 0) is 4.74 Å². The van der Waals surface area contributed by atoms with Gasteiger partial charge in [0.25, 0.3) is 0 Å². The molecule has 7 heteroatoms. The maximum absolute atomic E-state index is 12.1. The van der Waals surface area contributed by atoms with Gasteiger partial charge in [-0.05, 0) is 37.3 Å². The molecule has 0 saturated carbocycles. The molecule has 1 aliphatic heterocycles. The van der Waals surface area contributed by atoms with Crippen LogP contribution in [0.3, 0.4) is 0 Å². The molecule has 1 aliphatic rings. The van der Waals surface area contributed by atoms with Gasteiger partial charge in [0.2, 0.25) is 6.79 Å². The van der Waals surface area contributed by atoms with Crippen molar-refractivity contribution in [3.05, 3.63) is 54.5 Å². The predicted molar refractivity (Wildman–Crippen MR) is 88.9 cm³/mol. The van der Waals surface area contributed by atoms with E-state index in [0.717, 1.165) is 16.9 Å². The molecule has 0 radical (unpaired) electrons. The maximum atomic E-state index is 12.1. The van der Waals surface area contributed by atoms with Gasteiger partial charge in [0, 0.05) is 24.0 Å². The number of carbonyl (C=O) groups excluding carboxylic acids is 1. The third-order valence-electron chi connectivity index (χ3n) is 3.77. The summed E-state index contributed by atoms with van der Waals surface area (Å²) in [4.78, 5) is 16.1. The number of carbonyl (C=O) groups is 1. The van der Waals surface area contributed by atoms with Crippen molar-refractivity contribution in [2.45, 2.75) is 6.92 Å². The summed E-state index contributed by atoms with van der Waals surface area (Å²) in [5.41, 5.74) is 2.64. The Labute approximate surface area is 143 Å². The number of rotatable bonds is 4. The molecular formula is C18H15N3O4. The summed E-state index contributed by atoms with van der Waals surface area (Å²) in [6.07, 6.45) is 3.38. The molecule has 25 heavy (non-hydrogen) atoms. The van der Waals surface area contributed by atoms with E-state index in [9.17, 15) is 4.79 Å². The van der Waals surface area contributed by atoms with Gasteiger partial charge in [-0.3, -0.25) is 4.98 Å². The molecule has 0 aliphatic carbocycles. The molecule has 0 saturated heterocycles. The predicted octanol–water partition coefficient (Wildman–Crippen LogP) is 2.84. The van der Waals surface area contributed by atoms with Gasteiger partial charge in [0.05, 0.1) is 18.0 Å². The van der Waals surface area contributed by atoms with E-state index in [0.29, 0.717) is 18.1 Å². The number of nitrogens with zero attached hydrogens (tertiary/aromatic N) is 3. The normalized spacial score (nSPS) is 12.2. The minimum Gasteiger partial charge on any atom is -0.461 e. The highest BCUT2D eigenvalue weighted by molar-refractivity contribution is 5.89. The van der Waals surface area contributed by atoms with Gasteiger partial charge in [-0.15, -0.1) is 0 Å². The lowest BCUT2D eigenvalue weighted by Gasteiger charge is -2.08. The van der Waals surface area contributed by atoms with E-state index in [1.165, 1.54) is 0 Å². The fourth-order valence-corrected chi connectivity index (χ4v) is 2.63. The van der Waals surface area contributed by atoms with E-state index in [-0.39, 0.29) is 12.5 Å². The fourth-order valence-electron chi connectivity index (χ4n) is 2.63. The van der Waals surface area contributed by atoms with Gasteiger partial charge >= 0.3 is 5.97 Å². The Bertz CT molecular complexity index is 921. The minimum absolute atomic E-state index is 0.198. The van der Waals surface area contributed by atoms with Crippen molar-refractivity contribution in [3.63, 3.8) is 0 Å². The Morgan fingerprint density at radius 2 is 1.96 bits per heavy atom. The largest absolute Gasteiger partial charge is 0.461 e. The van der Waals surface area contributed by atoms with Crippen molar-refractivity contribution >= 4 is 5.97 Å². The van der Waals surface area contributed by atoms with E-state index < -0.39 is 5.97 Å². The molecule has 7 nitrogen and oxygen atoms in total. The fraction of sp³-hybridized carbons (Fsp3) is 0.167. The van der Waals surface area contributed by atoms with E-state index in [1.54, 1.807) is 30.1 Å². The summed E-state index contributed by atoms with van der Waals surface area (Å²) in [5, 5.41) is 4.43. The van der Waals surface area contributed by atoms with Crippen molar-refractivity contribution in [1.82, 2.24) is 14.8 Å². The number of esters is 1. The first-order valence-electron chi connectivity index (χ1n) is 7.84. The molecule has 1 aromatic carbocycles. The molecule has 2 aromatic heterocycles. The number of hydrogen-bond acceptors (Lipinski definition) is 6. The van der Waals surface area contributed by atoms with Gasteiger partial charge in [0.15, 0.2) is 17.2 Å². The summed E-state index contributed by atoms with van der Waals surface area (Å²) >= 11 is 0. The molecule has 126 valence electrons. The summed E-state index contributed by atoms with van der Waals surface area (Å²) in [5.74, 6) is 0.871. The van der Waals surface area contributed by atoms with E-state index >= 15 is 0 Å². The second kappa shape index (κ2) is 6.27. The Hall–Kier alpha value is -3.35. The summed E-state index contributed by atoms with van der Waals surface area (Å²) in [6, 6.07) is 10.9. The zero-order valence-corrected chi connectivity index (χ0v) is 13.5. The molecule has 0 unspecified atom stereocenters. The first-order valence-corrected chi connectivity index (χ1v) is 7.84. The van der Waals surface area contributed by atoms with Crippen LogP contribution in [-0.4, -0.2) is 34.1 Å². The third kappa shape index (κ3) is 2.80. The van der Waals surface area contributed by atoms with Crippen LogP contribution in [0.1, 0.15) is 17.4 Å². The summed E-state index contributed by atoms with van der Waals surface area (Å²) in [7, 11) is 0. The number of pyridine rings is 1. The summed E-state index contributed by atoms with van der Waals surface area (Å²) in [6.45, 7) is 2.25. The summed E-state index contributed by atoms with van der Waals surface area (Å²) < 4.78 is 17.5. The Morgan fingerprint density at radius 1 is 1.16 bits per heavy atom. The van der Waals surface area contributed by atoms with Gasteiger partial charge in [-0.1, -0.05) is 0 Å². The Balaban J connectivity index is 1.84. The quantitative estimate of drug-likeness (QED) is 0.682. The number of fused-ring (bicyclic) bond motifs is 1. The monoisotopic (exact) mass is 337 g/mol. The lowest BCUT2D eigenvalue weighted by molar-refractivity contribution is 0.0519. The Morgan fingerprint density at radius 3 is 2.76 bits per heavy atom. The molecule has 4 rings (SSSR count). The number of aromatic nitrogens is 3. The number of benzene rings is 1. The average molecular weight is 337 g/mol. The van der Waals surface area contributed by atoms with Crippen molar-refractivity contribution in [2.24, 2.45) is 0 Å². The molecule has 0 bridgehead atoms. The number of ether oxygens (including phenoxy) is 3. The van der Waals surface area contributed by atoms with Crippen LogP contribution in [0.2, 0.25) is 0 Å². The van der Waals surface area contributed by atoms with Crippen molar-refractivity contribution in [1.29, 1.82) is 0 Å². The lowest BCUT2D eigenvalue weighted by Crippen LogP contribution is -2.06. The van der Waals surface area contributed by atoms with Crippen LogP contribution in [0.4, 0.5) is 0 Å². The smallest absolute Gasteiger partial charge is 0.358 e. The van der Waals surface area contributed by atoms with Crippen LogP contribution < -0.4 is 9.47 Å². The molecular weight excluding hydrogens is 322 g/mol. The van der Waals surface area contributed by atoms with Crippen LogP contribution >= 0.6 is 0 Å². The molecule has 3 aromatic rings. The van der Waals surface area contributed by atoms with E-state index in [4.69, 9.17) is 14.2 Å². The molecule has 0 spiro atoms. The second-order valence-electron chi connectivity index (χ2n) is 5.32. The Kier molecular flexibility index (Phi) is 3.81. The second-order valence-corrected chi connectivity index (χ2v) is 5.32. The zero-order chi connectivity index (χ0) is 17.2. The topological polar surface area (TPSA) is 75.5 Å². The van der Waals surface area contributed by atoms with Gasteiger partial charge in [-0.2, -0.15) is 5.10 Å². The van der Waals surface area contributed by atoms with Crippen LogP contribution in [0.15, 0.2) is 48.8 Å². The standard InChI is InChI=1S/C18H15N3O4/c1-2-23-18(22)14-10-15(12-5-7-19-8-6-12)21(20-14)13-3-4-16-17(9-13)25-11-24-16/h3-10H,2,11H2,1H3. The highest BCUT2D eigenvalue weighted by Gasteiger charge is 2.20. The molecule has 0 atom stereocenters. The zero-order valence-electron chi connectivity index (χ0n) is 13.5. The van der Waals surface area contributed by atoms with Crippen molar-refractivity contribution in [3.8, 4) is 28.4 Å². The van der Waals surface area contributed by atoms with Gasteiger partial charge in [-0.25, -0.2) is 9.48 Å². The van der Waals surface area contributed by atoms with Crippen LogP contribution in [0, 0.1) is 0 Å². The van der Waals surface area contributed by atoms with Crippen LogP contribution in [0.25, 0.3) is 16.9 Å². The molecule has 3 heterocycles. The highest BCUT2D eigenvalue weighted by Crippen LogP contribution is 2.35. The maximum Gasteiger partial charge on any atom is 0.358 e. The lowest BCUT2D eigenvalue weighted by atomic mass is 10.2. The first kappa shape index (κ1) is 15.2. The van der Waals surface area contributed by atoms with Crippen molar-refractivity contribution < 1.29 is 19.0 Å². The average Bonchev–Trinajstić information content (AvgIpc) is 3.29. The van der Waals surface area contributed by atoms with Gasteiger partial charge in [0.1, 0.15) is 0 Å². The SMILES string of the molecule is CCOC(=O)c1cc(-c2ccncc2)n(-c2ccc3c(c2)OCO3)n1. The van der Waals surface area contributed by atoms with E-state index in [2.05, 4.69) is 10.1 Å². The van der Waals surface area contributed by atoms with Crippen molar-refractivity contribution in [2.75, 3.05) is 13.4 Å². The molecule has 0 amide bonds. The number of hydrogen-bond donors (Lipinski definition) is 0. The van der Waals surface area contributed by atoms with Gasteiger partial charge < -0.3 is 14.2 Å². The molecule has 0 N–H and O–H groups in total. The van der Waals surface area contributed by atoms with Crippen LogP contribution in [0.5, 0.6) is 11.5 Å². The third-order valence-corrected chi connectivity index (χ3v) is 3.77. The van der Waals surface area contributed by atoms with E-state index in [1.807, 2.05) is 30.3 Å². The highest BCUT2D eigenvalue weighted by atomic mass is 16.7. The minimum atomic E-state index is -0.461. The molecule has 0 fully saturated rings.